The van der Waals surface area contributed by atoms with Crippen molar-refractivity contribution in [2.24, 2.45) is 0 Å². The molecule has 0 spiro atoms. The fraction of sp³-hybridized carbons (Fsp3) is 0.571. The van der Waals surface area contributed by atoms with Gasteiger partial charge in [0.05, 0.1) is 0 Å². The van der Waals surface area contributed by atoms with E-state index in [0.29, 0.717) is 12.1 Å². The number of alkyl halides is 2. The summed E-state index contributed by atoms with van der Waals surface area (Å²) in [6.45, 7) is 1.66. The van der Waals surface area contributed by atoms with Gasteiger partial charge < -0.3 is 10.1 Å². The van der Waals surface area contributed by atoms with E-state index < -0.39 is 17.4 Å². The molecule has 0 bridgehead atoms. The van der Waals surface area contributed by atoms with Gasteiger partial charge in [-0.3, -0.25) is 4.21 Å². The molecular weight excluding hydrogens is 284 g/mol. The quantitative estimate of drug-likeness (QED) is 0.802. The number of ether oxygens (including phenoxy) is 1. The zero-order chi connectivity index (χ0) is 15.1. The Labute approximate surface area is 121 Å². The summed E-state index contributed by atoms with van der Waals surface area (Å²) in [7, 11) is -0.846. The molecule has 0 amide bonds. The third kappa shape index (κ3) is 5.54. The maximum atomic E-state index is 12.3. The van der Waals surface area contributed by atoms with Gasteiger partial charge in [-0.2, -0.15) is 8.78 Å². The summed E-state index contributed by atoms with van der Waals surface area (Å²) in [5, 5.41) is 3.35. The number of nitrogens with one attached hydrogen (secondary N) is 1. The first-order valence-corrected chi connectivity index (χ1v) is 8.13. The minimum atomic E-state index is -2.83. The van der Waals surface area contributed by atoms with E-state index >= 15 is 0 Å². The molecule has 0 radical (unpaired) electrons. The highest BCUT2D eigenvalue weighted by Crippen LogP contribution is 2.26. The monoisotopic (exact) mass is 305 g/mol. The maximum absolute atomic E-state index is 12.3. The van der Waals surface area contributed by atoms with Crippen LogP contribution in [-0.4, -0.2) is 28.9 Å². The Hall–Kier alpha value is -1.01. The average molecular weight is 305 g/mol. The number of halogens is 2. The molecule has 0 aliphatic carbocycles. The van der Waals surface area contributed by atoms with E-state index in [2.05, 4.69) is 10.1 Å². The van der Waals surface area contributed by atoms with Gasteiger partial charge >= 0.3 is 6.61 Å². The number of hydrogen-bond acceptors (Lipinski definition) is 3. The third-order valence-corrected chi connectivity index (χ3v) is 4.54. The summed E-state index contributed by atoms with van der Waals surface area (Å²) in [5.41, 5.74) is 0.693. The predicted octanol–water partition coefficient (Wildman–Crippen LogP) is 3.10. The summed E-state index contributed by atoms with van der Waals surface area (Å²) in [4.78, 5) is 0. The van der Waals surface area contributed by atoms with Gasteiger partial charge in [-0.15, -0.1) is 0 Å². The third-order valence-electron chi connectivity index (χ3n) is 3.17. The lowest BCUT2D eigenvalue weighted by molar-refractivity contribution is -0.0506. The van der Waals surface area contributed by atoms with E-state index in [4.69, 9.17) is 0 Å². The Morgan fingerprint density at radius 3 is 2.55 bits per heavy atom. The highest BCUT2D eigenvalue weighted by atomic mass is 32.2. The van der Waals surface area contributed by atoms with Crippen molar-refractivity contribution in [1.29, 1.82) is 0 Å². The van der Waals surface area contributed by atoms with Crippen LogP contribution in [0.2, 0.25) is 0 Å². The van der Waals surface area contributed by atoms with Crippen LogP contribution in [0.4, 0.5) is 8.78 Å². The summed E-state index contributed by atoms with van der Waals surface area (Å²) in [6.07, 6.45) is 2.45. The summed E-state index contributed by atoms with van der Waals surface area (Å²) in [6, 6.07) is 6.63. The van der Waals surface area contributed by atoms with Crippen molar-refractivity contribution in [2.45, 2.75) is 38.2 Å². The van der Waals surface area contributed by atoms with Crippen LogP contribution in [0, 0.1) is 0 Å². The van der Waals surface area contributed by atoms with Gasteiger partial charge in [0.25, 0.3) is 0 Å². The van der Waals surface area contributed by atoms with E-state index in [1.54, 1.807) is 24.5 Å². The largest absolute Gasteiger partial charge is 0.434 e. The van der Waals surface area contributed by atoms with Gasteiger partial charge in [0, 0.05) is 33.9 Å². The van der Waals surface area contributed by atoms with E-state index in [0.717, 1.165) is 6.42 Å². The highest BCUT2D eigenvalue weighted by Gasteiger charge is 2.14. The normalized spacial score (nSPS) is 15.9. The highest BCUT2D eigenvalue weighted by molar-refractivity contribution is 7.84. The second kappa shape index (κ2) is 8.32. The number of para-hydroxylation sites is 1. The maximum Gasteiger partial charge on any atom is 0.387 e. The van der Waals surface area contributed by atoms with Crippen LogP contribution < -0.4 is 10.1 Å². The second-order valence-corrected chi connectivity index (χ2v) is 6.49. The first-order chi connectivity index (χ1) is 9.41. The molecule has 0 aliphatic heterocycles. The molecule has 1 aromatic carbocycles. The van der Waals surface area contributed by atoms with Crippen molar-refractivity contribution in [2.75, 3.05) is 12.8 Å². The molecule has 0 saturated carbocycles. The predicted molar refractivity (Wildman–Crippen MR) is 77.6 cm³/mol. The van der Waals surface area contributed by atoms with Crippen molar-refractivity contribution in [3.63, 3.8) is 0 Å². The van der Waals surface area contributed by atoms with Gasteiger partial charge in [-0.25, -0.2) is 0 Å². The van der Waals surface area contributed by atoms with Gasteiger partial charge in [-0.1, -0.05) is 25.1 Å². The number of benzene rings is 1. The van der Waals surface area contributed by atoms with Crippen LogP contribution in [0.5, 0.6) is 5.75 Å². The number of rotatable bonds is 8. The lowest BCUT2D eigenvalue weighted by Crippen LogP contribution is -2.24. The average Bonchev–Trinajstić information content (AvgIpc) is 2.38. The van der Waals surface area contributed by atoms with E-state index in [9.17, 15) is 13.0 Å². The molecular formula is C14H21F2NO2S. The van der Waals surface area contributed by atoms with Crippen LogP contribution in [0.1, 0.15) is 31.9 Å². The standard InChI is InChI=1S/C14H21F2NO2S/c1-10(20(3)18)8-9-17-11(2)12-6-4-5-7-13(12)19-14(15)16/h4-7,10-11,14,17H,8-9H2,1-3H3. The van der Waals surface area contributed by atoms with Gasteiger partial charge in [0.1, 0.15) is 5.75 Å². The van der Waals surface area contributed by atoms with Crippen LogP contribution in [0.15, 0.2) is 24.3 Å². The smallest absolute Gasteiger partial charge is 0.387 e. The first-order valence-electron chi connectivity index (χ1n) is 6.51. The molecule has 20 heavy (non-hydrogen) atoms. The fourth-order valence-corrected chi connectivity index (χ4v) is 2.27. The summed E-state index contributed by atoms with van der Waals surface area (Å²) < 4.78 is 40.4. The topological polar surface area (TPSA) is 38.3 Å². The Morgan fingerprint density at radius 1 is 1.30 bits per heavy atom. The molecule has 3 nitrogen and oxygen atoms in total. The van der Waals surface area contributed by atoms with Crippen molar-refractivity contribution in [3.8, 4) is 5.75 Å². The number of hydrogen-bond donors (Lipinski definition) is 1. The Kier molecular flexibility index (Phi) is 7.09. The summed E-state index contributed by atoms with van der Waals surface area (Å²) >= 11 is 0. The molecule has 0 heterocycles. The van der Waals surface area contributed by atoms with Crippen molar-refractivity contribution in [3.05, 3.63) is 29.8 Å². The molecule has 0 aromatic heterocycles. The Bertz CT molecular complexity index is 443. The van der Waals surface area contributed by atoms with E-state index in [1.807, 2.05) is 13.8 Å². The minimum Gasteiger partial charge on any atom is -0.434 e. The van der Waals surface area contributed by atoms with Crippen molar-refractivity contribution >= 4 is 10.8 Å². The van der Waals surface area contributed by atoms with Gasteiger partial charge in [0.2, 0.25) is 0 Å². The first kappa shape index (κ1) is 17.0. The SMILES string of the molecule is CC(NCCC(C)S(C)=O)c1ccccc1OC(F)F. The molecule has 0 saturated heterocycles. The summed E-state index contributed by atoms with van der Waals surface area (Å²) in [5.74, 6) is 0.189. The fourth-order valence-electron chi connectivity index (χ4n) is 1.82. The molecule has 6 heteroatoms. The van der Waals surface area contributed by atoms with Crippen LogP contribution >= 0.6 is 0 Å². The van der Waals surface area contributed by atoms with Crippen LogP contribution in [0.25, 0.3) is 0 Å². The minimum absolute atomic E-state index is 0.109. The van der Waals surface area contributed by atoms with Gasteiger partial charge in [0.15, 0.2) is 0 Å². The Morgan fingerprint density at radius 2 is 1.95 bits per heavy atom. The molecule has 114 valence electrons. The second-order valence-electron chi connectivity index (χ2n) is 4.69. The van der Waals surface area contributed by atoms with Crippen LogP contribution in [-0.2, 0) is 10.8 Å². The molecule has 0 fully saturated rings. The lowest BCUT2D eigenvalue weighted by Gasteiger charge is -2.18. The van der Waals surface area contributed by atoms with Crippen LogP contribution in [0.3, 0.4) is 0 Å². The molecule has 1 rings (SSSR count). The molecule has 1 aromatic rings. The van der Waals surface area contributed by atoms with E-state index in [-0.39, 0.29) is 17.0 Å². The zero-order valence-electron chi connectivity index (χ0n) is 11.9. The van der Waals surface area contributed by atoms with Crippen molar-refractivity contribution in [1.82, 2.24) is 5.32 Å². The van der Waals surface area contributed by atoms with Crippen molar-refractivity contribution < 1.29 is 17.7 Å². The van der Waals surface area contributed by atoms with E-state index in [1.165, 1.54) is 6.07 Å². The zero-order valence-corrected chi connectivity index (χ0v) is 12.8. The molecule has 3 atom stereocenters. The van der Waals surface area contributed by atoms with Gasteiger partial charge in [-0.05, 0) is 26.0 Å². The molecule has 3 unspecified atom stereocenters. The lowest BCUT2D eigenvalue weighted by atomic mass is 10.1. The molecule has 0 aliphatic rings. The molecule has 1 N–H and O–H groups in total. The Balaban J connectivity index is 2.58.